The van der Waals surface area contributed by atoms with Crippen LogP contribution in [-0.4, -0.2) is 16.1 Å². The molecule has 0 radical (unpaired) electrons. The Morgan fingerprint density at radius 2 is 1.95 bits per heavy atom. The van der Waals surface area contributed by atoms with Gasteiger partial charge in [-0.15, -0.1) is 0 Å². The van der Waals surface area contributed by atoms with Crippen LogP contribution in [0.2, 0.25) is 0 Å². The van der Waals surface area contributed by atoms with E-state index in [2.05, 4.69) is 18.8 Å². The van der Waals surface area contributed by atoms with Gasteiger partial charge < -0.3 is 10.5 Å². The Kier molecular flexibility index (Phi) is 4.33. The summed E-state index contributed by atoms with van der Waals surface area (Å²) in [6.45, 7) is 8.60. The fourth-order valence-corrected chi connectivity index (χ4v) is 3.08. The first kappa shape index (κ1) is 15.2. The molecule has 2 rings (SSSR count). The zero-order valence-electron chi connectivity index (χ0n) is 12.8. The third kappa shape index (κ3) is 3.48. The van der Waals surface area contributed by atoms with Crippen LogP contribution in [0.15, 0.2) is 6.07 Å². The smallest absolute Gasteiger partial charge is 0.224 e. The predicted octanol–water partition coefficient (Wildman–Crippen LogP) is 3.68. The first-order valence-corrected chi connectivity index (χ1v) is 7.64. The van der Waals surface area contributed by atoms with Gasteiger partial charge in [-0.2, -0.15) is 0 Å². The molecule has 1 fully saturated rings. The Hall–Kier alpha value is -1.16. The molecule has 0 spiro atoms. The Bertz CT molecular complexity index is 515. The second-order valence-electron chi connectivity index (χ2n) is 6.61. The number of rotatable bonds is 3. The highest BCUT2D eigenvalue weighted by Crippen LogP contribution is 2.37. The number of nitrogens with two attached hydrogens (primary N) is 1. The summed E-state index contributed by atoms with van der Waals surface area (Å²) in [6.07, 6.45) is 4.73. The van der Waals surface area contributed by atoms with Crippen molar-refractivity contribution >= 4 is 17.2 Å². The first-order valence-electron chi connectivity index (χ1n) is 7.23. The number of hydrogen-bond acceptors (Lipinski definition) is 3. The van der Waals surface area contributed by atoms with E-state index in [9.17, 15) is 0 Å². The quantitative estimate of drug-likeness (QED) is 0.863. The molecule has 2 N–H and O–H groups in total. The van der Waals surface area contributed by atoms with E-state index < -0.39 is 0 Å². The number of nitrogens with zero attached hydrogens (tertiary/aromatic N) is 1. The second-order valence-corrected chi connectivity index (χ2v) is 7.05. The van der Waals surface area contributed by atoms with Crippen molar-refractivity contribution in [1.82, 2.24) is 4.98 Å². The highest BCUT2D eigenvalue weighted by molar-refractivity contribution is 7.80. The largest absolute Gasteiger partial charge is 0.474 e. The Morgan fingerprint density at radius 3 is 2.50 bits per heavy atom. The summed E-state index contributed by atoms with van der Waals surface area (Å²) in [6, 6.07) is 1.99. The minimum atomic E-state index is 0.227. The first-order chi connectivity index (χ1) is 9.28. The molecule has 1 aliphatic rings. The number of thiocarbonyl (C=S) groups is 1. The third-order valence-electron chi connectivity index (χ3n) is 4.12. The lowest BCUT2D eigenvalue weighted by Crippen LogP contribution is -2.29. The van der Waals surface area contributed by atoms with Gasteiger partial charge in [0.2, 0.25) is 5.88 Å². The molecule has 0 aliphatic heterocycles. The topological polar surface area (TPSA) is 48.1 Å². The van der Waals surface area contributed by atoms with Crippen molar-refractivity contribution in [2.45, 2.75) is 59.5 Å². The van der Waals surface area contributed by atoms with Crippen LogP contribution in [0.3, 0.4) is 0 Å². The summed E-state index contributed by atoms with van der Waals surface area (Å²) < 4.78 is 6.12. The summed E-state index contributed by atoms with van der Waals surface area (Å²) in [5.74, 6) is 0.611. The third-order valence-corrected chi connectivity index (χ3v) is 4.33. The van der Waals surface area contributed by atoms with Crippen molar-refractivity contribution in [2.24, 2.45) is 11.1 Å². The normalized spacial score (nSPS) is 18.8. The molecule has 3 nitrogen and oxygen atoms in total. The maximum absolute atomic E-state index is 6.12. The van der Waals surface area contributed by atoms with Crippen molar-refractivity contribution in [1.29, 1.82) is 0 Å². The fourth-order valence-electron chi connectivity index (χ4n) is 2.84. The van der Waals surface area contributed by atoms with Crippen molar-refractivity contribution in [3.8, 4) is 5.88 Å². The van der Waals surface area contributed by atoms with Crippen LogP contribution < -0.4 is 10.5 Å². The SMILES string of the molecule is Cc1cc(C)c(C(N)=S)c(OC2CCC(C)(C)CC2)n1. The maximum atomic E-state index is 6.12. The van der Waals surface area contributed by atoms with Crippen LogP contribution in [0.4, 0.5) is 0 Å². The lowest BCUT2D eigenvalue weighted by atomic mass is 9.76. The van der Waals surface area contributed by atoms with Gasteiger partial charge in [0, 0.05) is 5.69 Å². The summed E-state index contributed by atoms with van der Waals surface area (Å²) in [7, 11) is 0. The molecule has 0 unspecified atom stereocenters. The van der Waals surface area contributed by atoms with Gasteiger partial charge in [-0.3, -0.25) is 0 Å². The lowest BCUT2D eigenvalue weighted by molar-refractivity contribution is 0.0946. The molecule has 0 aromatic carbocycles. The van der Waals surface area contributed by atoms with E-state index in [-0.39, 0.29) is 6.10 Å². The van der Waals surface area contributed by atoms with Gasteiger partial charge in [0.1, 0.15) is 11.1 Å². The standard InChI is InChI=1S/C16H24N2OS/c1-10-9-11(2)18-15(13(10)14(17)20)19-12-5-7-16(3,4)8-6-12/h9,12H,5-8H2,1-4H3,(H2,17,20). The van der Waals surface area contributed by atoms with Gasteiger partial charge in [-0.05, 0) is 56.6 Å². The van der Waals surface area contributed by atoms with Gasteiger partial charge >= 0.3 is 0 Å². The highest BCUT2D eigenvalue weighted by Gasteiger charge is 2.28. The Morgan fingerprint density at radius 1 is 1.35 bits per heavy atom. The summed E-state index contributed by atoms with van der Waals surface area (Å²) in [5.41, 5.74) is 9.02. The van der Waals surface area contributed by atoms with Crippen molar-refractivity contribution < 1.29 is 4.74 Å². The van der Waals surface area contributed by atoms with Crippen molar-refractivity contribution in [3.05, 3.63) is 22.9 Å². The molecular weight excluding hydrogens is 268 g/mol. The van der Waals surface area contributed by atoms with Crippen LogP contribution in [0.1, 0.15) is 56.4 Å². The average Bonchev–Trinajstić information content (AvgIpc) is 2.30. The molecule has 0 amide bonds. The average molecular weight is 292 g/mol. The van der Waals surface area contributed by atoms with E-state index in [1.807, 2.05) is 19.9 Å². The van der Waals surface area contributed by atoms with Gasteiger partial charge in [-0.1, -0.05) is 26.1 Å². The molecule has 1 aromatic heterocycles. The van der Waals surface area contributed by atoms with E-state index in [0.29, 0.717) is 16.3 Å². The van der Waals surface area contributed by atoms with E-state index in [1.54, 1.807) is 0 Å². The predicted molar refractivity (Wildman–Crippen MR) is 86.3 cm³/mol. The molecule has 1 aromatic rings. The highest BCUT2D eigenvalue weighted by atomic mass is 32.1. The van der Waals surface area contributed by atoms with Crippen molar-refractivity contribution in [3.63, 3.8) is 0 Å². The molecule has 4 heteroatoms. The monoisotopic (exact) mass is 292 g/mol. The van der Waals surface area contributed by atoms with E-state index in [4.69, 9.17) is 22.7 Å². The van der Waals surface area contributed by atoms with Crippen LogP contribution in [-0.2, 0) is 0 Å². The van der Waals surface area contributed by atoms with Crippen molar-refractivity contribution in [2.75, 3.05) is 0 Å². The Labute approximate surface area is 126 Å². The molecule has 20 heavy (non-hydrogen) atoms. The number of hydrogen-bond donors (Lipinski definition) is 1. The zero-order chi connectivity index (χ0) is 14.9. The van der Waals surface area contributed by atoms with E-state index in [1.165, 1.54) is 12.8 Å². The summed E-state index contributed by atoms with van der Waals surface area (Å²) in [4.78, 5) is 4.86. The zero-order valence-corrected chi connectivity index (χ0v) is 13.6. The molecule has 1 heterocycles. The van der Waals surface area contributed by atoms with E-state index in [0.717, 1.165) is 29.7 Å². The van der Waals surface area contributed by atoms with Gasteiger partial charge in [0.25, 0.3) is 0 Å². The minimum Gasteiger partial charge on any atom is -0.474 e. The maximum Gasteiger partial charge on any atom is 0.224 e. The number of ether oxygens (including phenoxy) is 1. The summed E-state index contributed by atoms with van der Waals surface area (Å²) >= 11 is 5.14. The van der Waals surface area contributed by atoms with E-state index >= 15 is 0 Å². The fraction of sp³-hybridized carbons (Fsp3) is 0.625. The molecule has 110 valence electrons. The van der Waals surface area contributed by atoms with Crippen LogP contribution in [0, 0.1) is 19.3 Å². The van der Waals surface area contributed by atoms with Crippen LogP contribution >= 0.6 is 12.2 Å². The van der Waals surface area contributed by atoms with Gasteiger partial charge in [0.05, 0.1) is 5.56 Å². The molecule has 0 bridgehead atoms. The Balaban J connectivity index is 2.19. The van der Waals surface area contributed by atoms with Gasteiger partial charge in [-0.25, -0.2) is 4.98 Å². The molecule has 0 atom stereocenters. The molecule has 0 saturated heterocycles. The summed E-state index contributed by atoms with van der Waals surface area (Å²) in [5, 5.41) is 0. The van der Waals surface area contributed by atoms with Gasteiger partial charge in [0.15, 0.2) is 0 Å². The second kappa shape index (κ2) is 5.68. The molecule has 1 aliphatic carbocycles. The molecule has 1 saturated carbocycles. The number of pyridine rings is 1. The minimum absolute atomic E-state index is 0.227. The number of aromatic nitrogens is 1. The number of aryl methyl sites for hydroxylation is 2. The lowest BCUT2D eigenvalue weighted by Gasteiger charge is -2.34. The van der Waals surface area contributed by atoms with Crippen LogP contribution in [0.25, 0.3) is 0 Å². The van der Waals surface area contributed by atoms with Crippen LogP contribution in [0.5, 0.6) is 5.88 Å². The molecular formula is C16H24N2OS.